The molecule has 5 rings (SSSR count). The van der Waals surface area contributed by atoms with E-state index in [1.165, 1.54) is 71.8 Å². The molecule has 4 heterocycles. The quantitative estimate of drug-likeness (QED) is 0.212. The van der Waals surface area contributed by atoms with Gasteiger partial charge in [-0.15, -0.1) is 5.10 Å². The van der Waals surface area contributed by atoms with Crippen molar-refractivity contribution in [3.8, 4) is 17.1 Å². The topological polar surface area (TPSA) is 196 Å². The first-order chi connectivity index (χ1) is 23.5. The van der Waals surface area contributed by atoms with E-state index in [2.05, 4.69) is 20.4 Å². The minimum absolute atomic E-state index is 0.0325. The van der Waals surface area contributed by atoms with E-state index < -0.39 is 48.1 Å². The summed E-state index contributed by atoms with van der Waals surface area (Å²) in [6, 6.07) is 7.70. The molecule has 4 amide bonds. The van der Waals surface area contributed by atoms with Gasteiger partial charge in [0, 0.05) is 31.4 Å². The monoisotopic (exact) mass is 700 g/mol. The number of β-amino-alcohol motifs (C(OH)–C–C–N with tert-alkyl or cyclic N) is 1. The van der Waals surface area contributed by atoms with Gasteiger partial charge < -0.3 is 29.6 Å². The lowest BCUT2D eigenvalue weighted by atomic mass is 10.2. The number of anilines is 3. The number of benzene rings is 1. The number of rotatable bonds is 10. The van der Waals surface area contributed by atoms with E-state index in [9.17, 15) is 42.6 Å². The first-order valence-electron chi connectivity index (χ1n) is 14.9. The third-order valence-electron chi connectivity index (χ3n) is 7.00. The van der Waals surface area contributed by atoms with Gasteiger partial charge in [0.25, 0.3) is 5.91 Å². The van der Waals surface area contributed by atoms with Crippen LogP contribution in [-0.2, 0) is 4.74 Å². The zero-order valence-corrected chi connectivity index (χ0v) is 26.8. The van der Waals surface area contributed by atoms with Crippen molar-refractivity contribution >= 4 is 41.3 Å². The number of oxazole rings is 1. The molecule has 1 aromatic carbocycles. The number of carbonyl (C=O) groups is 4. The molecule has 3 N–H and O–H groups in total. The number of urea groups is 1. The molecule has 0 saturated carbocycles. The summed E-state index contributed by atoms with van der Waals surface area (Å²) in [7, 11) is 0. The number of hydrogen-bond donors (Lipinski definition) is 3. The number of aliphatic hydroxyl groups excluding tert-OH is 1. The Morgan fingerprint density at radius 2 is 1.82 bits per heavy atom. The van der Waals surface area contributed by atoms with Crippen molar-refractivity contribution < 1.29 is 51.7 Å². The lowest BCUT2D eigenvalue weighted by molar-refractivity contribution is -0.119. The summed E-state index contributed by atoms with van der Waals surface area (Å²) in [6.45, 7) is 3.10. The first-order valence-corrected chi connectivity index (χ1v) is 14.9. The largest absolute Gasteiger partial charge is 0.478 e. The average molecular weight is 701 g/mol. The molecule has 16 nitrogen and oxygen atoms in total. The highest BCUT2D eigenvalue weighted by atomic mass is 19.4. The summed E-state index contributed by atoms with van der Waals surface area (Å²) in [6.07, 6.45) is -2.51. The SMILES string of the molecule is CC(C)(C)OC(=O)N(CC(F)(F)F)c1cc(-c2nc(C(=O)Nc3cn(-c4ccc(C(=O)O)cc4)nc3N3CCN(CCO)C3=O)co2)ccn1. The predicted molar refractivity (Wildman–Crippen MR) is 169 cm³/mol. The molecule has 19 heteroatoms. The van der Waals surface area contributed by atoms with Gasteiger partial charge in [-0.3, -0.25) is 14.6 Å². The number of hydrogen-bond acceptors (Lipinski definition) is 10. The molecule has 3 aromatic heterocycles. The van der Waals surface area contributed by atoms with Crippen LogP contribution in [0.15, 0.2) is 59.5 Å². The number of carboxylic acid groups (broad SMARTS) is 1. The summed E-state index contributed by atoms with van der Waals surface area (Å²) < 4.78 is 52.2. The summed E-state index contributed by atoms with van der Waals surface area (Å²) in [4.78, 5) is 61.6. The Morgan fingerprint density at radius 3 is 2.46 bits per heavy atom. The number of nitrogens with one attached hydrogen (secondary N) is 1. The number of pyridine rings is 1. The molecule has 1 aliphatic rings. The zero-order chi connectivity index (χ0) is 36.4. The fraction of sp³-hybridized carbons (Fsp3) is 0.323. The summed E-state index contributed by atoms with van der Waals surface area (Å²) in [5.41, 5.74) is -0.728. The van der Waals surface area contributed by atoms with Crippen molar-refractivity contribution in [2.24, 2.45) is 0 Å². The van der Waals surface area contributed by atoms with Crippen molar-refractivity contribution in [2.45, 2.75) is 32.5 Å². The maximum Gasteiger partial charge on any atom is 0.416 e. The predicted octanol–water partition coefficient (Wildman–Crippen LogP) is 4.41. The number of aromatic carboxylic acids is 1. The molecule has 0 atom stereocenters. The maximum atomic E-state index is 13.4. The Hall–Kier alpha value is -5.98. The standard InChI is InChI=1S/C31H31F3N8O8/c1-30(2,3)50-29(48)41(17-31(32,33)34)23-14-19(8-9-35-23)26-37-22(16-49-26)25(44)36-21-15-42(20-6-4-18(5-7-20)27(45)46)38-24(21)40-11-10-39(12-13-43)28(40)47/h4-9,14-16,43H,10-13,17H2,1-3H3,(H,36,44)(H,45,46). The smallest absolute Gasteiger partial charge is 0.416 e. The summed E-state index contributed by atoms with van der Waals surface area (Å²) in [5.74, 6) is -2.46. The molecule has 264 valence electrons. The Labute approximate surface area is 281 Å². The Kier molecular flexibility index (Phi) is 9.80. The fourth-order valence-electron chi connectivity index (χ4n) is 4.78. The van der Waals surface area contributed by atoms with Gasteiger partial charge in [-0.25, -0.2) is 29.0 Å². The van der Waals surface area contributed by atoms with Crippen LogP contribution in [0.1, 0.15) is 41.6 Å². The first kappa shape index (κ1) is 35.3. The number of ether oxygens (including phenoxy) is 1. The number of carboxylic acids is 1. The molecule has 1 fully saturated rings. The second-order valence-corrected chi connectivity index (χ2v) is 11.9. The zero-order valence-electron chi connectivity index (χ0n) is 26.8. The highest BCUT2D eigenvalue weighted by Crippen LogP contribution is 2.31. The molecular formula is C31H31F3N8O8. The van der Waals surface area contributed by atoms with E-state index in [0.717, 1.165) is 18.5 Å². The van der Waals surface area contributed by atoms with E-state index in [1.807, 2.05) is 0 Å². The van der Waals surface area contributed by atoms with Gasteiger partial charge >= 0.3 is 24.3 Å². The van der Waals surface area contributed by atoms with Gasteiger partial charge in [-0.2, -0.15) is 13.2 Å². The van der Waals surface area contributed by atoms with E-state index in [0.29, 0.717) is 10.6 Å². The minimum atomic E-state index is -4.78. The van der Waals surface area contributed by atoms with Gasteiger partial charge in [0.05, 0.1) is 24.1 Å². The fourth-order valence-corrected chi connectivity index (χ4v) is 4.78. The number of amides is 4. The van der Waals surface area contributed by atoms with Crippen LogP contribution in [0.5, 0.6) is 0 Å². The normalized spacial score (nSPS) is 13.5. The summed E-state index contributed by atoms with van der Waals surface area (Å²) >= 11 is 0. The molecule has 4 aromatic rings. The van der Waals surface area contributed by atoms with E-state index in [-0.39, 0.29) is 60.5 Å². The van der Waals surface area contributed by atoms with Crippen LogP contribution in [0.2, 0.25) is 0 Å². The van der Waals surface area contributed by atoms with Crippen LogP contribution in [0.4, 0.5) is 40.1 Å². The van der Waals surface area contributed by atoms with Crippen molar-refractivity contribution in [1.82, 2.24) is 24.6 Å². The molecule has 50 heavy (non-hydrogen) atoms. The molecule has 0 spiro atoms. The lowest BCUT2D eigenvalue weighted by Gasteiger charge is -2.27. The lowest BCUT2D eigenvalue weighted by Crippen LogP contribution is -2.42. The van der Waals surface area contributed by atoms with E-state index in [1.54, 1.807) is 0 Å². The van der Waals surface area contributed by atoms with Gasteiger partial charge in [-0.05, 0) is 57.2 Å². The molecular weight excluding hydrogens is 669 g/mol. The van der Waals surface area contributed by atoms with Crippen molar-refractivity contribution in [3.63, 3.8) is 0 Å². The molecule has 1 aliphatic heterocycles. The minimum Gasteiger partial charge on any atom is -0.478 e. The molecule has 1 saturated heterocycles. The second kappa shape index (κ2) is 13.9. The molecule has 0 bridgehead atoms. The van der Waals surface area contributed by atoms with Crippen molar-refractivity contribution in [3.05, 3.63) is 66.3 Å². The van der Waals surface area contributed by atoms with Crippen LogP contribution in [0, 0.1) is 0 Å². The summed E-state index contributed by atoms with van der Waals surface area (Å²) in [5, 5.41) is 25.7. The highest BCUT2D eigenvalue weighted by molar-refractivity contribution is 6.06. The number of alkyl halides is 3. The second-order valence-electron chi connectivity index (χ2n) is 11.9. The van der Waals surface area contributed by atoms with Crippen molar-refractivity contribution in [1.29, 1.82) is 0 Å². The number of nitrogens with zero attached hydrogens (tertiary/aromatic N) is 7. The number of carbonyl (C=O) groups excluding carboxylic acids is 3. The number of aromatic nitrogens is 4. The van der Waals surface area contributed by atoms with Crippen molar-refractivity contribution in [2.75, 3.05) is 47.9 Å². The van der Waals surface area contributed by atoms with Gasteiger partial charge in [0.1, 0.15) is 29.9 Å². The third-order valence-corrected chi connectivity index (χ3v) is 7.00. The van der Waals surface area contributed by atoms with Gasteiger partial charge in [0.15, 0.2) is 11.5 Å². The van der Waals surface area contributed by atoms with Crippen LogP contribution in [0.3, 0.4) is 0 Å². The number of aliphatic hydroxyl groups is 1. The Bertz CT molecular complexity index is 1900. The number of halogens is 3. The van der Waals surface area contributed by atoms with E-state index in [4.69, 9.17) is 9.15 Å². The van der Waals surface area contributed by atoms with Gasteiger partial charge in [-0.1, -0.05) is 0 Å². The Balaban J connectivity index is 1.42. The van der Waals surface area contributed by atoms with Gasteiger partial charge in [0.2, 0.25) is 5.89 Å². The molecule has 0 radical (unpaired) electrons. The Morgan fingerprint density at radius 1 is 1.10 bits per heavy atom. The van der Waals surface area contributed by atoms with E-state index >= 15 is 0 Å². The van der Waals surface area contributed by atoms with Crippen LogP contribution < -0.4 is 15.1 Å². The van der Waals surface area contributed by atoms with Crippen LogP contribution in [0.25, 0.3) is 17.1 Å². The molecule has 0 aliphatic carbocycles. The van der Waals surface area contributed by atoms with Crippen LogP contribution in [-0.4, -0.2) is 103 Å². The highest BCUT2D eigenvalue weighted by Gasteiger charge is 2.37. The third kappa shape index (κ3) is 8.17. The molecule has 0 unspecified atom stereocenters. The van der Waals surface area contributed by atoms with Crippen LogP contribution >= 0.6 is 0 Å². The average Bonchev–Trinajstić information content (AvgIpc) is 3.78. The maximum absolute atomic E-state index is 13.4.